The number of hydrogen-bond donors (Lipinski definition) is 2. The van der Waals surface area contributed by atoms with Crippen molar-refractivity contribution in [1.82, 2.24) is 20.6 Å². The lowest BCUT2D eigenvalue weighted by molar-refractivity contribution is 0.792. The molecule has 0 saturated carbocycles. The maximum Gasteiger partial charge on any atom is 0.191 e. The summed E-state index contributed by atoms with van der Waals surface area (Å²) in [6.07, 6.45) is 2.86. The van der Waals surface area contributed by atoms with Crippen LogP contribution >= 0.6 is 11.3 Å². The normalized spacial score (nSPS) is 11.8. The standard InChI is InChI=1S/C18H27N5S/c1-5-19-18(20-9-8-15-7-6-14(4)21-10-15)22-11-17-23-16(12-24-17)13(2)3/h6-7,10,12-13H,5,8-9,11H2,1-4H3,(H2,19,20,22). The first-order valence-corrected chi connectivity index (χ1v) is 9.34. The molecule has 0 saturated heterocycles. The number of rotatable bonds is 7. The minimum absolute atomic E-state index is 0.466. The highest BCUT2D eigenvalue weighted by Crippen LogP contribution is 2.18. The average molecular weight is 346 g/mol. The summed E-state index contributed by atoms with van der Waals surface area (Å²) < 4.78 is 0. The van der Waals surface area contributed by atoms with Crippen molar-refractivity contribution in [3.8, 4) is 0 Å². The molecule has 0 aliphatic heterocycles. The summed E-state index contributed by atoms with van der Waals surface area (Å²) in [7, 11) is 0. The number of nitrogens with one attached hydrogen (secondary N) is 2. The molecule has 2 heterocycles. The Morgan fingerprint density at radius 2 is 2.12 bits per heavy atom. The molecule has 2 N–H and O–H groups in total. The van der Waals surface area contributed by atoms with Crippen molar-refractivity contribution in [1.29, 1.82) is 0 Å². The third-order valence-corrected chi connectivity index (χ3v) is 4.41. The van der Waals surface area contributed by atoms with E-state index in [1.807, 2.05) is 19.2 Å². The first-order chi connectivity index (χ1) is 11.6. The van der Waals surface area contributed by atoms with E-state index in [0.29, 0.717) is 12.5 Å². The number of aliphatic imine (C=N–C) groups is 1. The van der Waals surface area contributed by atoms with Crippen LogP contribution in [0.1, 0.15) is 48.6 Å². The number of pyridine rings is 1. The topological polar surface area (TPSA) is 62.2 Å². The molecule has 0 unspecified atom stereocenters. The fourth-order valence-corrected chi connectivity index (χ4v) is 3.00. The van der Waals surface area contributed by atoms with Gasteiger partial charge in [-0.3, -0.25) is 4.98 Å². The Balaban J connectivity index is 1.86. The molecule has 0 fully saturated rings. The molecule has 0 bridgehead atoms. The van der Waals surface area contributed by atoms with Crippen LogP contribution in [-0.2, 0) is 13.0 Å². The molecule has 0 spiro atoms. The summed E-state index contributed by atoms with van der Waals surface area (Å²) in [5.41, 5.74) is 3.42. The highest BCUT2D eigenvalue weighted by Gasteiger charge is 2.05. The van der Waals surface area contributed by atoms with E-state index in [1.54, 1.807) is 11.3 Å². The van der Waals surface area contributed by atoms with E-state index in [0.717, 1.165) is 41.9 Å². The third kappa shape index (κ3) is 5.92. The van der Waals surface area contributed by atoms with Crippen LogP contribution in [0.3, 0.4) is 0 Å². The average Bonchev–Trinajstić information content (AvgIpc) is 3.04. The van der Waals surface area contributed by atoms with Crippen molar-refractivity contribution >= 4 is 17.3 Å². The van der Waals surface area contributed by atoms with E-state index in [4.69, 9.17) is 0 Å². The van der Waals surface area contributed by atoms with Crippen LogP contribution < -0.4 is 10.6 Å². The lowest BCUT2D eigenvalue weighted by atomic mass is 10.2. The zero-order chi connectivity index (χ0) is 17.4. The molecule has 5 nitrogen and oxygen atoms in total. The molecule has 2 aromatic heterocycles. The second-order valence-electron chi connectivity index (χ2n) is 6.00. The van der Waals surface area contributed by atoms with Crippen molar-refractivity contribution < 1.29 is 0 Å². The second kappa shape index (κ2) is 9.37. The lowest BCUT2D eigenvalue weighted by Gasteiger charge is -2.11. The maximum atomic E-state index is 4.63. The summed E-state index contributed by atoms with van der Waals surface area (Å²) in [4.78, 5) is 13.6. The first kappa shape index (κ1) is 18.4. The van der Waals surface area contributed by atoms with Crippen LogP contribution in [0.4, 0.5) is 0 Å². The van der Waals surface area contributed by atoms with Crippen molar-refractivity contribution in [2.75, 3.05) is 13.1 Å². The monoisotopic (exact) mass is 345 g/mol. The summed E-state index contributed by atoms with van der Waals surface area (Å²) in [5, 5.41) is 9.83. The molecule has 0 amide bonds. The van der Waals surface area contributed by atoms with Gasteiger partial charge >= 0.3 is 0 Å². The van der Waals surface area contributed by atoms with Crippen LogP contribution in [0.25, 0.3) is 0 Å². The number of aromatic nitrogens is 2. The summed E-state index contributed by atoms with van der Waals surface area (Å²) in [6, 6.07) is 4.17. The van der Waals surface area contributed by atoms with Gasteiger partial charge in [-0.1, -0.05) is 19.9 Å². The van der Waals surface area contributed by atoms with Gasteiger partial charge in [0, 0.05) is 30.4 Å². The highest BCUT2D eigenvalue weighted by atomic mass is 32.1. The number of nitrogens with zero attached hydrogens (tertiary/aromatic N) is 3. The molecule has 24 heavy (non-hydrogen) atoms. The zero-order valence-corrected chi connectivity index (χ0v) is 15.8. The SMILES string of the molecule is CCNC(=NCc1nc(C(C)C)cs1)NCCc1ccc(C)nc1. The Morgan fingerprint density at radius 1 is 1.29 bits per heavy atom. The number of thiazole rings is 1. The highest BCUT2D eigenvalue weighted by molar-refractivity contribution is 7.09. The molecule has 0 aliphatic rings. The van der Waals surface area contributed by atoms with Crippen LogP contribution in [0.15, 0.2) is 28.7 Å². The third-order valence-electron chi connectivity index (χ3n) is 3.56. The molecule has 0 aromatic carbocycles. The van der Waals surface area contributed by atoms with Gasteiger partial charge in [0.2, 0.25) is 0 Å². The predicted molar refractivity (Wildman–Crippen MR) is 102 cm³/mol. The number of hydrogen-bond acceptors (Lipinski definition) is 4. The van der Waals surface area contributed by atoms with Gasteiger partial charge < -0.3 is 10.6 Å². The number of aryl methyl sites for hydroxylation is 1. The van der Waals surface area contributed by atoms with Crippen molar-refractivity contribution in [2.24, 2.45) is 4.99 Å². The molecular formula is C18H27N5S. The minimum Gasteiger partial charge on any atom is -0.357 e. The van der Waals surface area contributed by atoms with Gasteiger partial charge in [-0.15, -0.1) is 11.3 Å². The molecule has 0 aliphatic carbocycles. The predicted octanol–water partition coefficient (Wildman–Crippen LogP) is 3.27. The summed E-state index contributed by atoms with van der Waals surface area (Å²) in [5.74, 6) is 1.30. The van der Waals surface area contributed by atoms with Gasteiger partial charge in [0.1, 0.15) is 5.01 Å². The minimum atomic E-state index is 0.466. The van der Waals surface area contributed by atoms with Crippen molar-refractivity contribution in [3.63, 3.8) is 0 Å². The van der Waals surface area contributed by atoms with E-state index in [9.17, 15) is 0 Å². The van der Waals surface area contributed by atoms with Gasteiger partial charge in [0.15, 0.2) is 5.96 Å². The second-order valence-corrected chi connectivity index (χ2v) is 6.94. The molecule has 6 heteroatoms. The Morgan fingerprint density at radius 3 is 2.75 bits per heavy atom. The molecule has 0 atom stereocenters. The van der Waals surface area contributed by atoms with E-state index < -0.39 is 0 Å². The van der Waals surface area contributed by atoms with Gasteiger partial charge in [0.05, 0.1) is 12.2 Å². The zero-order valence-electron chi connectivity index (χ0n) is 15.0. The van der Waals surface area contributed by atoms with E-state index >= 15 is 0 Å². The van der Waals surface area contributed by atoms with Gasteiger partial charge in [0.25, 0.3) is 0 Å². The Labute approximate surface area is 148 Å². The van der Waals surface area contributed by atoms with Crippen LogP contribution in [0.2, 0.25) is 0 Å². The van der Waals surface area contributed by atoms with Crippen molar-refractivity contribution in [3.05, 3.63) is 45.7 Å². The quantitative estimate of drug-likeness (QED) is 0.597. The fraction of sp³-hybridized carbons (Fsp3) is 0.500. The van der Waals surface area contributed by atoms with Crippen LogP contribution in [0.5, 0.6) is 0 Å². The fourth-order valence-electron chi connectivity index (χ4n) is 2.12. The largest absolute Gasteiger partial charge is 0.357 e. The molecule has 130 valence electrons. The van der Waals surface area contributed by atoms with Gasteiger partial charge in [-0.05, 0) is 37.8 Å². The van der Waals surface area contributed by atoms with Crippen LogP contribution in [-0.4, -0.2) is 29.0 Å². The Hall–Kier alpha value is -1.95. The molecular weight excluding hydrogens is 318 g/mol. The maximum absolute atomic E-state index is 4.63. The van der Waals surface area contributed by atoms with Crippen molar-refractivity contribution in [2.45, 2.75) is 46.6 Å². The van der Waals surface area contributed by atoms with E-state index in [-0.39, 0.29) is 0 Å². The first-order valence-electron chi connectivity index (χ1n) is 8.46. The number of guanidine groups is 1. The Kier molecular flexibility index (Phi) is 7.18. The van der Waals surface area contributed by atoms with Gasteiger partial charge in [-0.2, -0.15) is 0 Å². The van der Waals surface area contributed by atoms with Gasteiger partial charge in [-0.25, -0.2) is 9.98 Å². The summed E-state index contributed by atoms with van der Waals surface area (Å²) in [6.45, 7) is 10.7. The molecule has 2 aromatic rings. The smallest absolute Gasteiger partial charge is 0.191 e. The molecule has 0 radical (unpaired) electrons. The molecule has 2 rings (SSSR count). The Bertz CT molecular complexity index is 646. The van der Waals surface area contributed by atoms with Crippen LogP contribution in [0, 0.1) is 6.92 Å². The summed E-state index contributed by atoms with van der Waals surface area (Å²) >= 11 is 1.68. The van der Waals surface area contributed by atoms with E-state index in [2.05, 4.69) is 57.8 Å². The van der Waals surface area contributed by atoms with E-state index in [1.165, 1.54) is 5.56 Å². The lowest BCUT2D eigenvalue weighted by Crippen LogP contribution is -2.38.